The van der Waals surface area contributed by atoms with E-state index < -0.39 is 0 Å². The van der Waals surface area contributed by atoms with E-state index in [-0.39, 0.29) is 11.9 Å². The van der Waals surface area contributed by atoms with Crippen LogP contribution in [0.5, 0.6) is 5.75 Å². The second kappa shape index (κ2) is 13.4. The monoisotopic (exact) mass is 536 g/mol. The average molecular weight is 537 g/mol. The van der Waals surface area contributed by atoms with E-state index in [1.54, 1.807) is 12.4 Å². The quantitative estimate of drug-likeness (QED) is 0.308. The molecule has 8 nitrogen and oxygen atoms in total. The predicted molar refractivity (Wildman–Crippen MR) is 154 cm³/mol. The van der Waals surface area contributed by atoms with E-state index >= 15 is 0 Å². The largest absolute Gasteiger partial charge is 0.493 e. The summed E-state index contributed by atoms with van der Waals surface area (Å²) in [4.78, 5) is 31.1. The lowest BCUT2D eigenvalue weighted by Gasteiger charge is -2.27. The van der Waals surface area contributed by atoms with Gasteiger partial charge in [0.1, 0.15) is 5.75 Å². The van der Waals surface area contributed by atoms with Crippen LogP contribution in [0.1, 0.15) is 21.5 Å². The van der Waals surface area contributed by atoms with Crippen LogP contribution in [0.2, 0.25) is 0 Å². The van der Waals surface area contributed by atoms with Gasteiger partial charge in [0.15, 0.2) is 0 Å². The van der Waals surface area contributed by atoms with Crippen LogP contribution in [-0.4, -0.2) is 54.7 Å². The van der Waals surface area contributed by atoms with Crippen molar-refractivity contribution in [3.8, 4) is 16.9 Å². The van der Waals surface area contributed by atoms with Gasteiger partial charge in [-0.2, -0.15) is 0 Å². The zero-order valence-corrected chi connectivity index (χ0v) is 22.2. The molecule has 1 aliphatic heterocycles. The second-order valence-corrected chi connectivity index (χ2v) is 9.43. The van der Waals surface area contributed by atoms with E-state index in [0.717, 1.165) is 28.0 Å². The van der Waals surface area contributed by atoms with Gasteiger partial charge in [0.2, 0.25) is 0 Å². The fraction of sp³-hybridized carbons (Fsp3) is 0.219. The molecule has 1 aliphatic rings. The van der Waals surface area contributed by atoms with Gasteiger partial charge in [-0.05, 0) is 64.7 Å². The summed E-state index contributed by atoms with van der Waals surface area (Å²) in [6.07, 6.45) is 4.12. The van der Waals surface area contributed by atoms with Gasteiger partial charge in [-0.1, -0.05) is 42.5 Å². The van der Waals surface area contributed by atoms with Crippen LogP contribution in [-0.2, 0) is 17.7 Å². The minimum Gasteiger partial charge on any atom is -0.493 e. The van der Waals surface area contributed by atoms with Gasteiger partial charge < -0.3 is 25.0 Å². The number of pyridine rings is 1. The number of rotatable bonds is 9. The number of hydrogen-bond donors (Lipinski definition) is 2. The topological polar surface area (TPSA) is 92.8 Å². The van der Waals surface area contributed by atoms with Crippen molar-refractivity contribution in [3.63, 3.8) is 0 Å². The maximum atomic E-state index is 13.0. The SMILES string of the molecule is O=C(NCc1cccnc1)Nc1ccc(OCCc2ccccc2-c2cccc(C(=O)N3CCOCC3)c2)cc1. The van der Waals surface area contributed by atoms with E-state index in [1.165, 1.54) is 0 Å². The molecule has 3 amide bonds. The predicted octanol–water partition coefficient (Wildman–Crippen LogP) is 5.16. The van der Waals surface area contributed by atoms with Crippen molar-refractivity contribution in [3.05, 3.63) is 114 Å². The lowest BCUT2D eigenvalue weighted by Crippen LogP contribution is -2.40. The van der Waals surface area contributed by atoms with Gasteiger partial charge in [-0.3, -0.25) is 9.78 Å². The molecular weight excluding hydrogens is 504 g/mol. The van der Waals surface area contributed by atoms with Crippen molar-refractivity contribution in [1.82, 2.24) is 15.2 Å². The number of hydrogen-bond acceptors (Lipinski definition) is 5. The van der Waals surface area contributed by atoms with Crippen LogP contribution in [0.4, 0.5) is 10.5 Å². The molecule has 8 heteroatoms. The Bertz CT molecular complexity index is 1420. The molecule has 0 bridgehead atoms. The highest BCUT2D eigenvalue weighted by molar-refractivity contribution is 5.95. The molecule has 3 aromatic carbocycles. The standard InChI is InChI=1S/C32H32N4O4/c37-31(36-16-19-39-20-17-36)27-8-3-7-26(21-27)30-9-2-1-6-25(30)14-18-40-29-12-10-28(11-13-29)35-32(38)34-23-24-5-4-15-33-22-24/h1-13,15,21-22H,14,16-20,23H2,(H2,34,35,38). The number of benzene rings is 3. The van der Waals surface area contributed by atoms with Gasteiger partial charge in [-0.15, -0.1) is 0 Å². The molecule has 0 spiro atoms. The van der Waals surface area contributed by atoms with Crippen molar-refractivity contribution in [2.24, 2.45) is 0 Å². The molecule has 1 aromatic heterocycles. The number of ether oxygens (including phenoxy) is 2. The van der Waals surface area contributed by atoms with Crippen molar-refractivity contribution in [2.45, 2.75) is 13.0 Å². The summed E-state index contributed by atoms with van der Waals surface area (Å²) in [5.41, 5.74) is 5.52. The maximum absolute atomic E-state index is 13.0. The molecule has 204 valence electrons. The van der Waals surface area contributed by atoms with Crippen LogP contribution in [0, 0.1) is 0 Å². The first kappa shape index (κ1) is 26.9. The number of aromatic nitrogens is 1. The minimum atomic E-state index is -0.287. The van der Waals surface area contributed by atoms with Gasteiger partial charge in [0, 0.05) is 49.7 Å². The molecule has 0 unspecified atom stereocenters. The van der Waals surface area contributed by atoms with Crippen molar-refractivity contribution in [2.75, 3.05) is 38.2 Å². The number of amides is 3. The van der Waals surface area contributed by atoms with Gasteiger partial charge >= 0.3 is 6.03 Å². The number of anilines is 1. The number of carbonyl (C=O) groups excluding carboxylic acids is 2. The molecule has 0 radical (unpaired) electrons. The summed E-state index contributed by atoms with van der Waals surface area (Å²) in [6.45, 7) is 3.28. The first-order chi connectivity index (χ1) is 19.7. The smallest absolute Gasteiger partial charge is 0.319 e. The zero-order valence-electron chi connectivity index (χ0n) is 22.2. The maximum Gasteiger partial charge on any atom is 0.319 e. The van der Waals surface area contributed by atoms with E-state index in [1.807, 2.05) is 77.7 Å². The Balaban J connectivity index is 1.15. The number of urea groups is 1. The molecule has 2 heterocycles. The Kier molecular flexibility index (Phi) is 9.01. The molecule has 40 heavy (non-hydrogen) atoms. The number of morpholine rings is 1. The highest BCUT2D eigenvalue weighted by Crippen LogP contribution is 2.26. The highest BCUT2D eigenvalue weighted by Gasteiger charge is 2.19. The molecule has 1 saturated heterocycles. The summed E-state index contributed by atoms with van der Waals surface area (Å²) < 4.78 is 11.4. The van der Waals surface area contributed by atoms with Gasteiger partial charge in [0.25, 0.3) is 5.91 Å². The summed E-state index contributed by atoms with van der Waals surface area (Å²) >= 11 is 0. The van der Waals surface area contributed by atoms with Crippen LogP contribution in [0.25, 0.3) is 11.1 Å². The van der Waals surface area contributed by atoms with E-state index in [9.17, 15) is 9.59 Å². The van der Waals surface area contributed by atoms with E-state index in [2.05, 4.69) is 27.8 Å². The molecule has 1 fully saturated rings. The Morgan fingerprint density at radius 3 is 2.55 bits per heavy atom. The Labute approximate surface area is 234 Å². The Hall–Kier alpha value is -4.69. The van der Waals surface area contributed by atoms with Gasteiger partial charge in [0.05, 0.1) is 19.8 Å². The highest BCUT2D eigenvalue weighted by atomic mass is 16.5. The first-order valence-corrected chi connectivity index (χ1v) is 13.4. The molecule has 0 aliphatic carbocycles. The van der Waals surface area contributed by atoms with Crippen molar-refractivity contribution < 1.29 is 19.1 Å². The van der Waals surface area contributed by atoms with Crippen molar-refractivity contribution in [1.29, 1.82) is 0 Å². The van der Waals surface area contributed by atoms with Crippen LogP contribution in [0.15, 0.2) is 97.3 Å². The second-order valence-electron chi connectivity index (χ2n) is 9.43. The summed E-state index contributed by atoms with van der Waals surface area (Å²) in [5.74, 6) is 0.756. The zero-order chi connectivity index (χ0) is 27.6. The van der Waals surface area contributed by atoms with E-state index in [4.69, 9.17) is 9.47 Å². The molecule has 0 atom stereocenters. The van der Waals surface area contributed by atoms with Crippen LogP contribution in [0.3, 0.4) is 0 Å². The number of nitrogens with one attached hydrogen (secondary N) is 2. The molecule has 2 N–H and O–H groups in total. The van der Waals surface area contributed by atoms with Crippen molar-refractivity contribution >= 4 is 17.6 Å². The third-order valence-corrected chi connectivity index (χ3v) is 6.66. The van der Waals surface area contributed by atoms with E-state index in [0.29, 0.717) is 57.1 Å². The summed E-state index contributed by atoms with van der Waals surface area (Å²) in [6, 6.07) is 26.7. The molecule has 4 aromatic rings. The Morgan fingerprint density at radius 2 is 1.75 bits per heavy atom. The lowest BCUT2D eigenvalue weighted by molar-refractivity contribution is 0.0303. The summed E-state index contributed by atoms with van der Waals surface area (Å²) in [5, 5.41) is 5.63. The molecule has 5 rings (SSSR count). The fourth-order valence-electron chi connectivity index (χ4n) is 4.56. The first-order valence-electron chi connectivity index (χ1n) is 13.4. The third kappa shape index (κ3) is 7.24. The summed E-state index contributed by atoms with van der Waals surface area (Å²) in [7, 11) is 0. The Morgan fingerprint density at radius 1 is 0.925 bits per heavy atom. The van der Waals surface area contributed by atoms with Crippen LogP contribution < -0.4 is 15.4 Å². The van der Waals surface area contributed by atoms with Gasteiger partial charge in [-0.25, -0.2) is 4.79 Å². The number of carbonyl (C=O) groups is 2. The molecular formula is C32H32N4O4. The normalized spacial score (nSPS) is 12.9. The lowest BCUT2D eigenvalue weighted by atomic mass is 9.96. The van der Waals surface area contributed by atoms with Crippen LogP contribution >= 0.6 is 0 Å². The third-order valence-electron chi connectivity index (χ3n) is 6.66. The fourth-order valence-corrected chi connectivity index (χ4v) is 4.56. The average Bonchev–Trinajstić information content (AvgIpc) is 3.02. The number of nitrogens with zero attached hydrogens (tertiary/aromatic N) is 2. The minimum absolute atomic E-state index is 0.0369. The molecule has 0 saturated carbocycles.